The van der Waals surface area contributed by atoms with E-state index < -0.39 is 5.54 Å². The first kappa shape index (κ1) is 23.8. The largest absolute Gasteiger partial charge is 0.495 e. The van der Waals surface area contributed by atoms with Gasteiger partial charge in [-0.1, -0.05) is 17.8 Å². The van der Waals surface area contributed by atoms with Crippen LogP contribution in [0.25, 0.3) is 6.08 Å². The van der Waals surface area contributed by atoms with Crippen molar-refractivity contribution in [3.05, 3.63) is 83.6 Å². The minimum Gasteiger partial charge on any atom is -0.495 e. The van der Waals surface area contributed by atoms with Crippen molar-refractivity contribution in [3.8, 4) is 11.5 Å². The smallest absolute Gasteiger partial charge is 0.172 e. The van der Waals surface area contributed by atoms with E-state index in [1.165, 1.54) is 6.07 Å². The molecule has 2 N–H and O–H groups in total. The maximum Gasteiger partial charge on any atom is 0.172 e. The highest BCUT2D eigenvalue weighted by atomic mass is 19.1. The van der Waals surface area contributed by atoms with Crippen LogP contribution < -0.4 is 20.1 Å². The van der Waals surface area contributed by atoms with E-state index >= 15 is 0 Å². The Balaban J connectivity index is 1.51. The van der Waals surface area contributed by atoms with Crippen LogP contribution in [0, 0.1) is 5.82 Å². The number of anilines is 1. The van der Waals surface area contributed by atoms with Gasteiger partial charge in [0.15, 0.2) is 5.84 Å². The molecule has 0 radical (unpaired) electrons. The van der Waals surface area contributed by atoms with Crippen LogP contribution in [0.1, 0.15) is 37.3 Å². The molecule has 0 saturated carbocycles. The van der Waals surface area contributed by atoms with Crippen LogP contribution in [-0.4, -0.2) is 37.6 Å². The highest BCUT2D eigenvalue weighted by Crippen LogP contribution is 2.46. The third-order valence-electron chi connectivity index (χ3n) is 6.92. The van der Waals surface area contributed by atoms with E-state index in [9.17, 15) is 4.39 Å². The molecule has 1 atom stereocenters. The van der Waals surface area contributed by atoms with Gasteiger partial charge < -0.3 is 29.8 Å². The van der Waals surface area contributed by atoms with Crippen molar-refractivity contribution in [3.63, 3.8) is 0 Å². The SMILES string of the molecule is C=CN(/C=C(/C)N)c1ccc(/C=C2\CCCN3C2=NOCC32CCOc3ccc(F)cc32)cc1OC. The fraction of sp³-hybridized carbons (Fsp3) is 0.321. The first-order valence-electron chi connectivity index (χ1n) is 12.1. The fourth-order valence-corrected chi connectivity index (χ4v) is 5.28. The summed E-state index contributed by atoms with van der Waals surface area (Å²) in [6.07, 6.45) is 8.12. The van der Waals surface area contributed by atoms with Crippen LogP contribution >= 0.6 is 0 Å². The number of piperidine rings is 1. The molecule has 8 heteroatoms. The second-order valence-electron chi connectivity index (χ2n) is 9.28. The Morgan fingerprint density at radius 2 is 2.17 bits per heavy atom. The maximum absolute atomic E-state index is 14.3. The Labute approximate surface area is 210 Å². The van der Waals surface area contributed by atoms with Crippen LogP contribution in [0.2, 0.25) is 0 Å². The van der Waals surface area contributed by atoms with Gasteiger partial charge in [0, 0.05) is 36.6 Å². The predicted molar refractivity (Wildman–Crippen MR) is 139 cm³/mol. The second-order valence-corrected chi connectivity index (χ2v) is 9.28. The number of nitrogens with two attached hydrogens (primary N) is 1. The van der Waals surface area contributed by atoms with Crippen molar-refractivity contribution in [2.45, 2.75) is 31.7 Å². The summed E-state index contributed by atoms with van der Waals surface area (Å²) >= 11 is 0. The summed E-state index contributed by atoms with van der Waals surface area (Å²) in [5, 5.41) is 4.47. The normalized spacial score (nSPS) is 22.2. The second kappa shape index (κ2) is 9.60. The molecule has 36 heavy (non-hydrogen) atoms. The van der Waals surface area contributed by atoms with E-state index in [1.807, 2.05) is 30.0 Å². The molecule has 1 saturated heterocycles. The van der Waals surface area contributed by atoms with Gasteiger partial charge in [0.25, 0.3) is 0 Å². The lowest BCUT2D eigenvalue weighted by atomic mass is 9.80. The third kappa shape index (κ3) is 4.17. The molecule has 3 aliphatic heterocycles. The molecule has 3 aliphatic rings. The predicted octanol–water partition coefficient (Wildman–Crippen LogP) is 5.11. The molecule has 2 aromatic carbocycles. The number of oxime groups is 1. The standard InChI is InChI=1S/C28H31FN4O3/c1-4-32(17-19(2)30)24-9-7-20(15-26(24)34-3)14-21-6-5-12-33-27(21)31-36-18-28(33)11-13-35-25-10-8-22(29)16-23(25)28/h4,7-10,14-17H,1,5-6,11-13,18,30H2,2-3H3/b19-17-,21-14+. The quantitative estimate of drug-likeness (QED) is 0.628. The van der Waals surface area contributed by atoms with Gasteiger partial charge in [-0.2, -0.15) is 0 Å². The molecule has 0 aliphatic carbocycles. The number of amidine groups is 1. The summed E-state index contributed by atoms with van der Waals surface area (Å²) in [6.45, 7) is 7.42. The van der Waals surface area contributed by atoms with Gasteiger partial charge in [-0.3, -0.25) is 0 Å². The molecule has 1 fully saturated rings. The number of benzene rings is 2. The van der Waals surface area contributed by atoms with E-state index in [2.05, 4.69) is 22.7 Å². The summed E-state index contributed by atoms with van der Waals surface area (Å²) in [5.74, 6) is 1.91. The topological polar surface area (TPSA) is 72.6 Å². The lowest BCUT2D eigenvalue weighted by Crippen LogP contribution is -2.58. The van der Waals surface area contributed by atoms with Crippen molar-refractivity contribution < 1.29 is 18.7 Å². The van der Waals surface area contributed by atoms with Crippen molar-refractivity contribution >= 4 is 17.6 Å². The van der Waals surface area contributed by atoms with Crippen LogP contribution in [0.4, 0.5) is 10.1 Å². The zero-order chi connectivity index (χ0) is 25.3. The Morgan fingerprint density at radius 3 is 2.94 bits per heavy atom. The van der Waals surface area contributed by atoms with Crippen molar-refractivity contribution in [2.75, 3.05) is 31.8 Å². The molecule has 1 unspecified atom stereocenters. The first-order chi connectivity index (χ1) is 17.4. The molecular formula is C28H31FN4O3. The summed E-state index contributed by atoms with van der Waals surface area (Å²) in [4.78, 5) is 9.93. The number of methoxy groups -OCH3 is 1. The van der Waals surface area contributed by atoms with Crippen LogP contribution in [0.3, 0.4) is 0 Å². The monoisotopic (exact) mass is 490 g/mol. The van der Waals surface area contributed by atoms with E-state index in [0.29, 0.717) is 36.8 Å². The zero-order valence-electron chi connectivity index (χ0n) is 20.7. The number of rotatable bonds is 5. The van der Waals surface area contributed by atoms with Gasteiger partial charge in [0.2, 0.25) is 0 Å². The molecule has 7 nitrogen and oxygen atoms in total. The van der Waals surface area contributed by atoms with Crippen LogP contribution in [-0.2, 0) is 10.4 Å². The Kier molecular flexibility index (Phi) is 6.35. The van der Waals surface area contributed by atoms with Crippen molar-refractivity contribution in [1.29, 1.82) is 0 Å². The van der Waals surface area contributed by atoms with E-state index in [-0.39, 0.29) is 5.82 Å². The molecule has 188 valence electrons. The number of nitrogens with zero attached hydrogens (tertiary/aromatic N) is 3. The van der Waals surface area contributed by atoms with Gasteiger partial charge in [-0.05, 0) is 67.3 Å². The molecular weight excluding hydrogens is 459 g/mol. The molecule has 5 rings (SSSR count). The van der Waals surface area contributed by atoms with Crippen molar-refractivity contribution in [2.24, 2.45) is 10.9 Å². The van der Waals surface area contributed by atoms with Crippen LogP contribution in [0.15, 0.2) is 71.8 Å². The van der Waals surface area contributed by atoms with Gasteiger partial charge in [0.05, 0.1) is 19.4 Å². The molecule has 0 bridgehead atoms. The number of hydrogen-bond acceptors (Lipinski definition) is 7. The molecule has 0 amide bonds. The first-order valence-corrected chi connectivity index (χ1v) is 12.1. The number of halogens is 1. The summed E-state index contributed by atoms with van der Waals surface area (Å²) in [5.41, 5.74) is 9.72. The van der Waals surface area contributed by atoms with Gasteiger partial charge in [0.1, 0.15) is 29.5 Å². The minimum atomic E-state index is -0.509. The lowest BCUT2D eigenvalue weighted by molar-refractivity contribution is -0.0290. The Morgan fingerprint density at radius 1 is 1.31 bits per heavy atom. The fourth-order valence-electron chi connectivity index (χ4n) is 5.28. The summed E-state index contributed by atoms with van der Waals surface area (Å²) in [6, 6.07) is 10.7. The maximum atomic E-state index is 14.3. The Bertz CT molecular complexity index is 1270. The summed E-state index contributed by atoms with van der Waals surface area (Å²) in [7, 11) is 1.64. The summed E-state index contributed by atoms with van der Waals surface area (Å²) < 4.78 is 25.8. The van der Waals surface area contributed by atoms with E-state index in [1.54, 1.807) is 31.6 Å². The average Bonchev–Trinajstić information content (AvgIpc) is 2.88. The zero-order valence-corrected chi connectivity index (χ0v) is 20.7. The van der Waals surface area contributed by atoms with Crippen LogP contribution in [0.5, 0.6) is 11.5 Å². The van der Waals surface area contributed by atoms with E-state index in [0.717, 1.165) is 47.6 Å². The average molecular weight is 491 g/mol. The molecule has 3 heterocycles. The van der Waals surface area contributed by atoms with Gasteiger partial charge in [-0.15, -0.1) is 0 Å². The lowest BCUT2D eigenvalue weighted by Gasteiger charge is -2.51. The number of ether oxygens (including phenoxy) is 2. The number of hydrogen-bond donors (Lipinski definition) is 1. The van der Waals surface area contributed by atoms with E-state index in [4.69, 9.17) is 20.0 Å². The molecule has 0 aromatic heterocycles. The number of fused-ring (bicyclic) bond motifs is 4. The van der Waals surface area contributed by atoms with Crippen molar-refractivity contribution in [1.82, 2.24) is 4.90 Å². The minimum absolute atomic E-state index is 0.282. The van der Waals surface area contributed by atoms with Gasteiger partial charge in [-0.25, -0.2) is 4.39 Å². The number of allylic oxidation sites excluding steroid dienone is 1. The molecule has 2 aromatic rings. The highest BCUT2D eigenvalue weighted by molar-refractivity contribution is 6.03. The molecule has 1 spiro atoms. The van der Waals surface area contributed by atoms with Gasteiger partial charge >= 0.3 is 0 Å². The third-order valence-corrected chi connectivity index (χ3v) is 6.92. The highest BCUT2D eigenvalue weighted by Gasteiger charge is 2.49. The Hall–Kier alpha value is -3.94.